The lowest BCUT2D eigenvalue weighted by Gasteiger charge is -2.48. The van der Waals surface area contributed by atoms with Crippen LogP contribution in [0.25, 0.3) is 0 Å². The average molecular weight is 230 g/mol. The molecule has 2 aliphatic rings. The average Bonchev–Trinajstić information content (AvgIpc) is 2.68. The van der Waals surface area contributed by atoms with Crippen molar-refractivity contribution in [2.24, 2.45) is 5.14 Å². The van der Waals surface area contributed by atoms with Gasteiger partial charge in [-0.25, -0.2) is 0 Å². The van der Waals surface area contributed by atoms with Crippen LogP contribution in [0.5, 0.6) is 0 Å². The molecule has 1 heterocycles. The molecule has 0 unspecified atom stereocenters. The van der Waals surface area contributed by atoms with Gasteiger partial charge in [-0.15, -0.1) is 10.4 Å². The van der Waals surface area contributed by atoms with Crippen molar-refractivity contribution in [3.05, 3.63) is 0 Å². The van der Waals surface area contributed by atoms with Crippen molar-refractivity contribution < 1.29 is 0 Å². The van der Waals surface area contributed by atoms with Crippen LogP contribution >= 0.6 is 10.4 Å². The van der Waals surface area contributed by atoms with Gasteiger partial charge in [-0.2, -0.15) is 0 Å². The van der Waals surface area contributed by atoms with Gasteiger partial charge in [-0.05, 0) is 25.7 Å². The molecule has 2 N–H and O–H groups in total. The summed E-state index contributed by atoms with van der Waals surface area (Å²) >= 11 is 0. The molecule has 0 atom stereocenters. The number of nitrogens with zero attached hydrogens (tertiary/aromatic N) is 1. The highest BCUT2D eigenvalue weighted by atomic mass is 32.3. The van der Waals surface area contributed by atoms with Gasteiger partial charge in [0.05, 0.1) is 0 Å². The molecular weight excluding hydrogens is 204 g/mol. The van der Waals surface area contributed by atoms with Gasteiger partial charge in [-0.3, -0.25) is 9.44 Å². The Labute approximate surface area is 96.2 Å². The fourth-order valence-electron chi connectivity index (χ4n) is 3.22. The normalized spacial score (nSPS) is 29.5. The van der Waals surface area contributed by atoms with E-state index in [2.05, 4.69) is 11.2 Å². The number of hydrogen-bond donors (Lipinski definition) is 1. The highest BCUT2D eigenvalue weighted by Crippen LogP contribution is 2.52. The van der Waals surface area contributed by atoms with Crippen molar-refractivity contribution in [1.29, 1.82) is 0 Å². The van der Waals surface area contributed by atoms with Crippen molar-refractivity contribution in [1.82, 2.24) is 4.31 Å². The Hall–Kier alpha value is 0.270. The van der Waals surface area contributed by atoms with E-state index in [1.54, 1.807) is 0 Å². The second-order valence-corrected chi connectivity index (χ2v) is 8.13. The van der Waals surface area contributed by atoms with Crippen molar-refractivity contribution in [3.63, 3.8) is 0 Å². The highest BCUT2D eigenvalue weighted by Gasteiger charge is 2.34. The first-order valence-electron chi connectivity index (χ1n) is 6.59. The molecule has 0 aromatic heterocycles. The molecule has 0 aromatic rings. The molecule has 2 fully saturated rings. The fourth-order valence-corrected chi connectivity index (χ4v) is 6.62. The standard InChI is InChI=1S/C12H26N2S/c1-2-14(12-8-4-3-5-9-12)15(13)10-6-7-11-15/h12H,2-11,13H2,1H3. The molecule has 0 bridgehead atoms. The second-order valence-electron chi connectivity index (χ2n) is 5.04. The summed E-state index contributed by atoms with van der Waals surface area (Å²) in [6.07, 6.45) is 9.85. The third kappa shape index (κ3) is 2.51. The molecule has 0 radical (unpaired) electrons. The topological polar surface area (TPSA) is 29.3 Å². The van der Waals surface area contributed by atoms with E-state index in [0.717, 1.165) is 6.04 Å². The van der Waals surface area contributed by atoms with Gasteiger partial charge in [0.2, 0.25) is 0 Å². The van der Waals surface area contributed by atoms with Gasteiger partial charge in [0.15, 0.2) is 0 Å². The van der Waals surface area contributed by atoms with Crippen molar-refractivity contribution in [2.75, 3.05) is 18.1 Å². The first-order valence-corrected chi connectivity index (χ1v) is 8.58. The largest absolute Gasteiger partial charge is 0.283 e. The van der Waals surface area contributed by atoms with Crippen LogP contribution in [-0.4, -0.2) is 28.4 Å². The molecule has 1 aliphatic carbocycles. The smallest absolute Gasteiger partial charge is 0.0198 e. The summed E-state index contributed by atoms with van der Waals surface area (Å²) in [5, 5.41) is 6.65. The van der Waals surface area contributed by atoms with E-state index in [0.29, 0.717) is 0 Å². The zero-order valence-corrected chi connectivity index (χ0v) is 10.9. The maximum absolute atomic E-state index is 6.65. The Morgan fingerprint density at radius 2 is 1.67 bits per heavy atom. The Morgan fingerprint density at radius 3 is 2.20 bits per heavy atom. The van der Waals surface area contributed by atoms with Crippen LogP contribution in [0.2, 0.25) is 0 Å². The van der Waals surface area contributed by atoms with Gasteiger partial charge >= 0.3 is 0 Å². The molecule has 2 nitrogen and oxygen atoms in total. The number of nitrogens with two attached hydrogens (primary N) is 1. The lowest BCUT2D eigenvalue weighted by Crippen LogP contribution is -2.43. The van der Waals surface area contributed by atoms with Crippen LogP contribution in [0.1, 0.15) is 51.9 Å². The minimum atomic E-state index is -0.861. The SMILES string of the molecule is CCN(C1CCCCC1)S1(N)CCCC1. The van der Waals surface area contributed by atoms with Crippen LogP contribution < -0.4 is 5.14 Å². The third-order valence-corrected chi connectivity index (χ3v) is 7.49. The predicted octanol–water partition coefficient (Wildman–Crippen LogP) is 3.03. The molecule has 0 amide bonds. The van der Waals surface area contributed by atoms with Crippen LogP contribution in [0, 0.1) is 0 Å². The summed E-state index contributed by atoms with van der Waals surface area (Å²) < 4.78 is 2.71. The van der Waals surface area contributed by atoms with E-state index in [4.69, 9.17) is 5.14 Å². The van der Waals surface area contributed by atoms with Gasteiger partial charge in [-0.1, -0.05) is 26.2 Å². The second kappa shape index (κ2) is 5.07. The summed E-state index contributed by atoms with van der Waals surface area (Å²) in [6, 6.07) is 0.821. The molecule has 0 aromatic carbocycles. The predicted molar refractivity (Wildman–Crippen MR) is 70.0 cm³/mol. The molecule has 1 saturated heterocycles. The highest BCUT2D eigenvalue weighted by molar-refractivity contribution is 8.30. The van der Waals surface area contributed by atoms with Crippen molar-refractivity contribution >= 4 is 10.4 Å². The summed E-state index contributed by atoms with van der Waals surface area (Å²) in [6.45, 7) is 3.48. The molecule has 1 aliphatic heterocycles. The van der Waals surface area contributed by atoms with Gasteiger partial charge in [0.1, 0.15) is 0 Å². The van der Waals surface area contributed by atoms with Crippen LogP contribution in [0.4, 0.5) is 0 Å². The van der Waals surface area contributed by atoms with E-state index in [1.807, 2.05) is 0 Å². The Bertz CT molecular complexity index is 196. The molecule has 90 valence electrons. The van der Waals surface area contributed by atoms with Gasteiger partial charge in [0.25, 0.3) is 0 Å². The zero-order valence-electron chi connectivity index (χ0n) is 10.1. The molecule has 1 saturated carbocycles. The summed E-state index contributed by atoms with van der Waals surface area (Å²) in [4.78, 5) is 0. The number of hydrogen-bond acceptors (Lipinski definition) is 2. The lowest BCUT2D eigenvalue weighted by atomic mass is 9.95. The van der Waals surface area contributed by atoms with E-state index in [1.165, 1.54) is 63.0 Å². The summed E-state index contributed by atoms with van der Waals surface area (Å²) in [5.41, 5.74) is 0. The summed E-state index contributed by atoms with van der Waals surface area (Å²) in [5.74, 6) is 2.61. The molecule has 3 heteroatoms. The summed E-state index contributed by atoms with van der Waals surface area (Å²) in [7, 11) is -0.861. The maximum atomic E-state index is 6.65. The Kier molecular flexibility index (Phi) is 3.97. The van der Waals surface area contributed by atoms with Crippen LogP contribution in [-0.2, 0) is 0 Å². The molecule has 0 spiro atoms. The third-order valence-electron chi connectivity index (χ3n) is 4.01. The number of rotatable bonds is 3. The van der Waals surface area contributed by atoms with Crippen LogP contribution in [0.15, 0.2) is 0 Å². The van der Waals surface area contributed by atoms with E-state index in [9.17, 15) is 0 Å². The zero-order chi connectivity index (χ0) is 10.7. The van der Waals surface area contributed by atoms with Gasteiger partial charge < -0.3 is 0 Å². The first kappa shape index (κ1) is 11.7. The minimum Gasteiger partial charge on any atom is -0.283 e. The van der Waals surface area contributed by atoms with Crippen LogP contribution in [0.3, 0.4) is 0 Å². The fraction of sp³-hybridized carbons (Fsp3) is 1.00. The Balaban J connectivity index is 2.01. The quantitative estimate of drug-likeness (QED) is 0.807. The molecule has 2 rings (SSSR count). The lowest BCUT2D eigenvalue weighted by molar-refractivity contribution is 0.274. The van der Waals surface area contributed by atoms with Crippen molar-refractivity contribution in [3.8, 4) is 0 Å². The van der Waals surface area contributed by atoms with E-state index >= 15 is 0 Å². The van der Waals surface area contributed by atoms with E-state index < -0.39 is 10.4 Å². The monoisotopic (exact) mass is 230 g/mol. The first-order chi connectivity index (χ1) is 7.26. The minimum absolute atomic E-state index is 0.821. The van der Waals surface area contributed by atoms with Crippen molar-refractivity contribution in [2.45, 2.75) is 57.9 Å². The van der Waals surface area contributed by atoms with E-state index in [-0.39, 0.29) is 0 Å². The maximum Gasteiger partial charge on any atom is 0.0198 e. The van der Waals surface area contributed by atoms with Gasteiger partial charge in [0, 0.05) is 24.1 Å². The Morgan fingerprint density at radius 1 is 1.07 bits per heavy atom. The molecule has 15 heavy (non-hydrogen) atoms. The molecular formula is C12H26N2S.